The molecule has 5 nitrogen and oxygen atoms in total. The van der Waals surface area contributed by atoms with Gasteiger partial charge in [0.05, 0.1) is 23.3 Å². The Morgan fingerprint density at radius 1 is 1.39 bits per heavy atom. The van der Waals surface area contributed by atoms with E-state index in [2.05, 4.69) is 5.32 Å². The van der Waals surface area contributed by atoms with E-state index in [9.17, 15) is 4.79 Å². The predicted octanol–water partition coefficient (Wildman–Crippen LogP) is 1.55. The zero-order valence-corrected chi connectivity index (χ0v) is 11.9. The molecule has 0 aromatic rings. The highest BCUT2D eigenvalue weighted by Crippen LogP contribution is 2.58. The van der Waals surface area contributed by atoms with Crippen molar-refractivity contribution in [3.05, 3.63) is 0 Å². The monoisotopic (exact) mass is 256 g/mol. The number of alkyl carbamates (subject to hydrolysis) is 1. The molecule has 3 aliphatic rings. The van der Waals surface area contributed by atoms with Gasteiger partial charge in [-0.3, -0.25) is 0 Å². The van der Waals surface area contributed by atoms with Gasteiger partial charge in [0.15, 0.2) is 0 Å². The second kappa shape index (κ2) is 3.61. The number of fused-ring (bicyclic) bond motifs is 1. The highest BCUT2D eigenvalue weighted by molar-refractivity contribution is 5.67. The molecule has 0 radical (unpaired) electrons. The van der Waals surface area contributed by atoms with Crippen LogP contribution in [0.15, 0.2) is 0 Å². The quantitative estimate of drug-likeness (QED) is 0.786. The normalized spacial score (nSPS) is 37.0. The molecule has 0 aromatic heterocycles. The van der Waals surface area contributed by atoms with E-state index >= 15 is 0 Å². The molecule has 3 fully saturated rings. The minimum absolute atomic E-state index is 0.247. The van der Waals surface area contributed by atoms with Crippen molar-refractivity contribution >= 4 is 6.09 Å². The van der Waals surface area contributed by atoms with Gasteiger partial charge in [0.2, 0.25) is 0 Å². The van der Waals surface area contributed by atoms with Crippen molar-refractivity contribution in [3.63, 3.8) is 0 Å². The van der Waals surface area contributed by atoms with E-state index in [1.54, 1.807) is 0 Å². The van der Waals surface area contributed by atoms with Gasteiger partial charge in [-0.2, -0.15) is 0 Å². The van der Waals surface area contributed by atoms with Gasteiger partial charge < -0.3 is 20.5 Å². The highest BCUT2D eigenvalue weighted by Gasteiger charge is 2.69. The first-order valence-corrected chi connectivity index (χ1v) is 6.43. The largest absolute Gasteiger partial charge is 0.444 e. The Bertz CT molecular complexity index is 362. The Labute approximate surface area is 108 Å². The molecule has 1 aliphatic carbocycles. The first-order chi connectivity index (χ1) is 7.97. The van der Waals surface area contributed by atoms with Crippen molar-refractivity contribution in [2.75, 3.05) is 6.54 Å². The SMILES string of the molecule is CC(C)(C)OC(=O)NCC12CC(N)(C1)C(C)(C)O2. The zero-order valence-electron chi connectivity index (χ0n) is 11.9. The summed E-state index contributed by atoms with van der Waals surface area (Å²) < 4.78 is 11.2. The van der Waals surface area contributed by atoms with Crippen molar-refractivity contribution in [1.29, 1.82) is 0 Å². The van der Waals surface area contributed by atoms with Gasteiger partial charge in [-0.1, -0.05) is 0 Å². The fraction of sp³-hybridized carbons (Fsp3) is 0.923. The molecule has 0 aromatic carbocycles. The van der Waals surface area contributed by atoms with Crippen LogP contribution in [0.2, 0.25) is 0 Å². The lowest BCUT2D eigenvalue weighted by Gasteiger charge is -2.44. The van der Waals surface area contributed by atoms with Gasteiger partial charge >= 0.3 is 6.09 Å². The van der Waals surface area contributed by atoms with Crippen LogP contribution in [0.25, 0.3) is 0 Å². The van der Waals surface area contributed by atoms with Gasteiger partial charge in [0, 0.05) is 0 Å². The highest BCUT2D eigenvalue weighted by atomic mass is 16.6. The molecular formula is C13H24N2O3. The molecule has 2 aliphatic heterocycles. The molecule has 1 amide bonds. The van der Waals surface area contributed by atoms with Gasteiger partial charge in [0.25, 0.3) is 0 Å². The van der Waals surface area contributed by atoms with Gasteiger partial charge in [-0.25, -0.2) is 4.79 Å². The van der Waals surface area contributed by atoms with Crippen molar-refractivity contribution < 1.29 is 14.3 Å². The number of hydrogen-bond acceptors (Lipinski definition) is 4. The molecule has 104 valence electrons. The zero-order chi connectivity index (χ0) is 13.8. The molecule has 3 rings (SSSR count). The molecular weight excluding hydrogens is 232 g/mol. The van der Waals surface area contributed by atoms with E-state index in [1.165, 1.54) is 0 Å². The number of hydrogen-bond donors (Lipinski definition) is 2. The molecule has 2 saturated heterocycles. The van der Waals surface area contributed by atoms with Crippen LogP contribution in [0.3, 0.4) is 0 Å². The average Bonchev–Trinajstić information content (AvgIpc) is 2.38. The van der Waals surface area contributed by atoms with Gasteiger partial charge in [-0.15, -0.1) is 0 Å². The summed E-state index contributed by atoms with van der Waals surface area (Å²) in [6.45, 7) is 10.0. The predicted molar refractivity (Wildman–Crippen MR) is 68.3 cm³/mol. The van der Waals surface area contributed by atoms with E-state index in [4.69, 9.17) is 15.2 Å². The second-order valence-corrected chi connectivity index (χ2v) is 7.16. The topological polar surface area (TPSA) is 73.6 Å². The molecule has 5 heteroatoms. The minimum Gasteiger partial charge on any atom is -0.444 e. The van der Waals surface area contributed by atoms with Crippen molar-refractivity contribution in [2.45, 2.75) is 69.8 Å². The van der Waals surface area contributed by atoms with E-state index in [1.807, 2.05) is 34.6 Å². The van der Waals surface area contributed by atoms with Crippen molar-refractivity contribution in [1.82, 2.24) is 5.32 Å². The van der Waals surface area contributed by atoms with E-state index in [-0.39, 0.29) is 16.7 Å². The molecule has 1 saturated carbocycles. The molecule has 0 atom stereocenters. The summed E-state index contributed by atoms with van der Waals surface area (Å²) in [5.41, 5.74) is 4.91. The third-order valence-corrected chi connectivity index (χ3v) is 3.90. The summed E-state index contributed by atoms with van der Waals surface area (Å²) in [6.07, 6.45) is 1.19. The number of nitrogens with two attached hydrogens (primary N) is 1. The van der Waals surface area contributed by atoms with Crippen LogP contribution in [0, 0.1) is 0 Å². The fourth-order valence-corrected chi connectivity index (χ4v) is 2.95. The Kier molecular flexibility index (Phi) is 2.73. The fourth-order valence-electron chi connectivity index (χ4n) is 2.95. The summed E-state index contributed by atoms with van der Waals surface area (Å²) in [4.78, 5) is 11.6. The molecule has 0 unspecified atom stereocenters. The Morgan fingerprint density at radius 2 is 1.94 bits per heavy atom. The molecule has 18 heavy (non-hydrogen) atoms. The maximum atomic E-state index is 11.6. The summed E-state index contributed by atoms with van der Waals surface area (Å²) in [7, 11) is 0. The maximum Gasteiger partial charge on any atom is 0.407 e. The van der Waals surface area contributed by atoms with Crippen LogP contribution in [-0.4, -0.2) is 35.0 Å². The Hall–Kier alpha value is -0.810. The number of nitrogens with one attached hydrogen (secondary N) is 1. The van der Waals surface area contributed by atoms with Crippen LogP contribution in [-0.2, 0) is 9.47 Å². The molecule has 3 N–H and O–H groups in total. The van der Waals surface area contributed by atoms with E-state index < -0.39 is 11.7 Å². The van der Waals surface area contributed by atoms with Crippen molar-refractivity contribution in [2.24, 2.45) is 5.73 Å². The molecule has 0 spiro atoms. The van der Waals surface area contributed by atoms with Crippen LogP contribution in [0.4, 0.5) is 4.79 Å². The third kappa shape index (κ3) is 2.21. The van der Waals surface area contributed by atoms with Crippen LogP contribution in [0.5, 0.6) is 0 Å². The lowest BCUT2D eigenvalue weighted by Crippen LogP contribution is -2.62. The van der Waals surface area contributed by atoms with Crippen molar-refractivity contribution in [3.8, 4) is 0 Å². The van der Waals surface area contributed by atoms with Crippen LogP contribution < -0.4 is 11.1 Å². The number of rotatable bonds is 2. The first-order valence-electron chi connectivity index (χ1n) is 6.43. The molecule has 2 bridgehead atoms. The first kappa shape index (κ1) is 13.6. The van der Waals surface area contributed by atoms with Gasteiger partial charge in [-0.05, 0) is 47.5 Å². The second-order valence-electron chi connectivity index (χ2n) is 7.16. The Morgan fingerprint density at radius 3 is 2.33 bits per heavy atom. The number of ether oxygens (including phenoxy) is 2. The van der Waals surface area contributed by atoms with E-state index in [0.717, 1.165) is 12.8 Å². The summed E-state index contributed by atoms with van der Waals surface area (Å²) in [5.74, 6) is 0. The molecule has 2 heterocycles. The third-order valence-electron chi connectivity index (χ3n) is 3.90. The number of amides is 1. The van der Waals surface area contributed by atoms with E-state index in [0.29, 0.717) is 6.54 Å². The summed E-state index contributed by atoms with van der Waals surface area (Å²) in [6, 6.07) is 0. The van der Waals surface area contributed by atoms with Crippen LogP contribution >= 0.6 is 0 Å². The smallest absolute Gasteiger partial charge is 0.407 e. The average molecular weight is 256 g/mol. The maximum absolute atomic E-state index is 11.6. The van der Waals surface area contributed by atoms with Crippen LogP contribution in [0.1, 0.15) is 47.5 Å². The summed E-state index contributed by atoms with van der Waals surface area (Å²) >= 11 is 0. The number of carbonyl (C=O) groups is 1. The van der Waals surface area contributed by atoms with Gasteiger partial charge in [0.1, 0.15) is 5.60 Å². The lowest BCUT2D eigenvalue weighted by molar-refractivity contribution is -0.0547. The number of carbonyl (C=O) groups excluding carboxylic acids is 1. The Balaban J connectivity index is 1.85. The lowest BCUT2D eigenvalue weighted by atomic mass is 9.63. The standard InChI is InChI=1S/C13H24N2O3/c1-10(2,3)17-9(16)15-8-12-6-13(14,7-12)11(4,5)18-12/h6-8,14H2,1-5H3,(H,15,16). The summed E-state index contributed by atoms with van der Waals surface area (Å²) in [5, 5.41) is 2.77. The minimum atomic E-state index is -0.477.